The Morgan fingerprint density at radius 3 is 2.22 bits per heavy atom. The minimum Gasteiger partial charge on any atom is -0.274 e. The molecule has 0 saturated heterocycles. The Morgan fingerprint density at radius 1 is 1.22 bits per heavy atom. The highest BCUT2D eigenvalue weighted by Crippen LogP contribution is 2.13. The average molecular weight is 157 g/mol. The van der Waals surface area contributed by atoms with E-state index in [-0.39, 0.29) is 0 Å². The molecule has 0 atom stereocenters. The molecule has 0 radical (unpaired) electrons. The SMILES string of the molecule is NSc1ccc(S)cc1. The Kier molecular flexibility index (Phi) is 2.45. The van der Waals surface area contributed by atoms with Crippen LogP contribution in [0, 0.1) is 0 Å². The van der Waals surface area contributed by atoms with Crippen molar-refractivity contribution in [2.75, 3.05) is 0 Å². The molecule has 0 aromatic heterocycles. The lowest BCUT2D eigenvalue weighted by Gasteiger charge is -1.93. The second-order valence-corrected chi connectivity index (χ2v) is 2.84. The van der Waals surface area contributed by atoms with E-state index in [9.17, 15) is 0 Å². The molecule has 0 aliphatic heterocycles. The molecule has 0 fully saturated rings. The van der Waals surface area contributed by atoms with Crippen LogP contribution in [-0.2, 0) is 0 Å². The van der Waals surface area contributed by atoms with Gasteiger partial charge in [-0.3, -0.25) is 5.14 Å². The van der Waals surface area contributed by atoms with Gasteiger partial charge in [0.2, 0.25) is 0 Å². The van der Waals surface area contributed by atoms with Crippen molar-refractivity contribution >= 4 is 24.6 Å². The van der Waals surface area contributed by atoms with Crippen molar-refractivity contribution in [1.29, 1.82) is 0 Å². The summed E-state index contributed by atoms with van der Waals surface area (Å²) in [6, 6.07) is 7.70. The highest BCUT2D eigenvalue weighted by atomic mass is 32.2. The molecule has 3 heteroatoms. The van der Waals surface area contributed by atoms with E-state index in [1.807, 2.05) is 24.3 Å². The molecule has 48 valence electrons. The molecule has 1 aromatic carbocycles. The van der Waals surface area contributed by atoms with Crippen LogP contribution in [0.25, 0.3) is 0 Å². The Balaban J connectivity index is 2.88. The van der Waals surface area contributed by atoms with Crippen LogP contribution in [0.5, 0.6) is 0 Å². The standard InChI is InChI=1S/C6H7NS2/c7-9-6-3-1-5(8)2-4-6/h1-4,8H,7H2. The summed E-state index contributed by atoms with van der Waals surface area (Å²) >= 11 is 5.36. The summed E-state index contributed by atoms with van der Waals surface area (Å²) in [5.74, 6) is 0. The maximum Gasteiger partial charge on any atom is 0.0226 e. The van der Waals surface area contributed by atoms with E-state index in [0.29, 0.717) is 0 Å². The summed E-state index contributed by atoms with van der Waals surface area (Å²) in [6.45, 7) is 0. The third kappa shape index (κ3) is 1.93. The van der Waals surface area contributed by atoms with Crippen molar-refractivity contribution in [3.8, 4) is 0 Å². The summed E-state index contributed by atoms with van der Waals surface area (Å²) in [6.07, 6.45) is 0. The molecule has 9 heavy (non-hydrogen) atoms. The molecule has 0 bridgehead atoms. The summed E-state index contributed by atoms with van der Waals surface area (Å²) in [5, 5.41) is 5.29. The first-order valence-corrected chi connectivity index (χ1v) is 3.81. The van der Waals surface area contributed by atoms with Gasteiger partial charge in [-0.05, 0) is 36.2 Å². The van der Waals surface area contributed by atoms with E-state index in [4.69, 9.17) is 5.14 Å². The van der Waals surface area contributed by atoms with E-state index in [2.05, 4.69) is 12.6 Å². The van der Waals surface area contributed by atoms with Gasteiger partial charge in [-0.25, -0.2) is 0 Å². The zero-order chi connectivity index (χ0) is 6.69. The Bertz CT molecular complexity index is 183. The fraction of sp³-hybridized carbons (Fsp3) is 0. The molecule has 0 heterocycles. The summed E-state index contributed by atoms with van der Waals surface area (Å²) < 4.78 is 0. The molecular weight excluding hydrogens is 150 g/mol. The predicted octanol–water partition coefficient (Wildman–Crippen LogP) is 1.94. The van der Waals surface area contributed by atoms with Crippen molar-refractivity contribution < 1.29 is 0 Å². The molecule has 1 rings (SSSR count). The largest absolute Gasteiger partial charge is 0.274 e. The van der Waals surface area contributed by atoms with Crippen LogP contribution in [0.1, 0.15) is 0 Å². The lowest BCUT2D eigenvalue weighted by molar-refractivity contribution is 1.36. The van der Waals surface area contributed by atoms with Gasteiger partial charge < -0.3 is 0 Å². The number of hydrogen-bond donors (Lipinski definition) is 2. The quantitative estimate of drug-likeness (QED) is 0.481. The molecule has 0 aliphatic rings. The van der Waals surface area contributed by atoms with Gasteiger partial charge in [0.1, 0.15) is 0 Å². The highest BCUT2D eigenvalue weighted by molar-refractivity contribution is 7.97. The minimum absolute atomic E-state index is 0.966. The van der Waals surface area contributed by atoms with Gasteiger partial charge in [0.25, 0.3) is 0 Å². The second-order valence-electron chi connectivity index (χ2n) is 1.61. The first-order chi connectivity index (χ1) is 4.33. The molecule has 2 N–H and O–H groups in total. The van der Waals surface area contributed by atoms with Crippen molar-refractivity contribution in [3.63, 3.8) is 0 Å². The monoisotopic (exact) mass is 157 g/mol. The molecular formula is C6H7NS2. The Hall–Kier alpha value is -0.120. The first kappa shape index (κ1) is 6.99. The van der Waals surface area contributed by atoms with Gasteiger partial charge >= 0.3 is 0 Å². The van der Waals surface area contributed by atoms with E-state index < -0.39 is 0 Å². The van der Waals surface area contributed by atoms with Crippen LogP contribution in [0.2, 0.25) is 0 Å². The number of rotatable bonds is 1. The van der Waals surface area contributed by atoms with Gasteiger partial charge in [0.15, 0.2) is 0 Å². The van der Waals surface area contributed by atoms with Gasteiger partial charge in [-0.1, -0.05) is 0 Å². The van der Waals surface area contributed by atoms with Gasteiger partial charge in [-0.2, -0.15) is 0 Å². The Morgan fingerprint density at radius 2 is 1.78 bits per heavy atom. The van der Waals surface area contributed by atoms with E-state index in [0.717, 1.165) is 9.79 Å². The fourth-order valence-corrected chi connectivity index (χ4v) is 0.967. The maximum atomic E-state index is 5.29. The van der Waals surface area contributed by atoms with Gasteiger partial charge in [0.05, 0.1) is 0 Å². The third-order valence-electron chi connectivity index (χ3n) is 0.973. The summed E-state index contributed by atoms with van der Waals surface area (Å²) in [4.78, 5) is 2.03. The molecule has 0 spiro atoms. The number of nitrogens with two attached hydrogens (primary N) is 1. The van der Waals surface area contributed by atoms with Gasteiger partial charge in [0, 0.05) is 9.79 Å². The lowest BCUT2D eigenvalue weighted by atomic mass is 10.4. The average Bonchev–Trinajstić information content (AvgIpc) is 1.90. The highest BCUT2D eigenvalue weighted by Gasteiger charge is 1.86. The molecule has 0 unspecified atom stereocenters. The number of hydrogen-bond acceptors (Lipinski definition) is 3. The first-order valence-electron chi connectivity index (χ1n) is 2.48. The lowest BCUT2D eigenvalue weighted by Crippen LogP contribution is -1.77. The minimum atomic E-state index is 0.966. The topological polar surface area (TPSA) is 26.0 Å². The van der Waals surface area contributed by atoms with Crippen molar-refractivity contribution in [2.24, 2.45) is 5.14 Å². The Labute approximate surface area is 64.2 Å². The predicted molar refractivity (Wildman–Crippen MR) is 43.7 cm³/mol. The molecule has 0 aliphatic carbocycles. The third-order valence-corrected chi connectivity index (χ3v) is 1.82. The normalized spacial score (nSPS) is 9.56. The molecule has 1 nitrogen and oxygen atoms in total. The summed E-state index contributed by atoms with van der Waals surface area (Å²) in [7, 11) is 0. The molecule has 0 saturated carbocycles. The smallest absolute Gasteiger partial charge is 0.0226 e. The zero-order valence-corrected chi connectivity index (χ0v) is 6.45. The van der Waals surface area contributed by atoms with Crippen LogP contribution in [0.4, 0.5) is 0 Å². The van der Waals surface area contributed by atoms with Crippen LogP contribution < -0.4 is 5.14 Å². The zero-order valence-electron chi connectivity index (χ0n) is 4.74. The van der Waals surface area contributed by atoms with Crippen LogP contribution in [0.3, 0.4) is 0 Å². The van der Waals surface area contributed by atoms with Crippen molar-refractivity contribution in [1.82, 2.24) is 0 Å². The van der Waals surface area contributed by atoms with Crippen LogP contribution in [0.15, 0.2) is 34.1 Å². The van der Waals surface area contributed by atoms with E-state index >= 15 is 0 Å². The van der Waals surface area contributed by atoms with Crippen LogP contribution >= 0.6 is 24.6 Å². The van der Waals surface area contributed by atoms with Crippen molar-refractivity contribution in [2.45, 2.75) is 9.79 Å². The molecule has 0 amide bonds. The fourth-order valence-electron chi connectivity index (χ4n) is 0.525. The molecule has 1 aromatic rings. The summed E-state index contributed by atoms with van der Waals surface area (Å²) in [5.41, 5.74) is 0. The number of benzene rings is 1. The number of thiol groups is 1. The van der Waals surface area contributed by atoms with E-state index in [1.165, 1.54) is 11.9 Å². The maximum absolute atomic E-state index is 5.29. The van der Waals surface area contributed by atoms with E-state index in [1.54, 1.807) is 0 Å². The van der Waals surface area contributed by atoms with Crippen LogP contribution in [-0.4, -0.2) is 0 Å². The second kappa shape index (κ2) is 3.15. The van der Waals surface area contributed by atoms with Gasteiger partial charge in [-0.15, -0.1) is 12.6 Å². The van der Waals surface area contributed by atoms with Crippen molar-refractivity contribution in [3.05, 3.63) is 24.3 Å².